The average Bonchev–Trinajstić information content (AvgIpc) is 2.96. The molecule has 20 nitrogen and oxygen atoms in total. The maximum absolute atomic E-state index is 12.7. The molecule has 271 valence electrons. The van der Waals surface area contributed by atoms with Crippen molar-refractivity contribution in [1.29, 1.82) is 0 Å². The molecule has 1 rings (SSSR count). The first kappa shape index (κ1) is 44.7. The fourth-order valence-corrected chi connectivity index (χ4v) is 4.47. The van der Waals surface area contributed by atoms with E-state index >= 15 is 0 Å². The molecule has 0 aliphatic carbocycles. The number of amides is 3. The smallest absolute Gasteiger partial charge is 0.326 e. The van der Waals surface area contributed by atoms with Gasteiger partial charge in [-0.15, -0.1) is 0 Å². The Morgan fingerprint density at radius 3 is 1.44 bits per heavy atom. The van der Waals surface area contributed by atoms with Crippen LogP contribution in [0, 0.1) is 0 Å². The molecule has 1 aliphatic rings. The summed E-state index contributed by atoms with van der Waals surface area (Å²) in [5.41, 5.74) is 5.00. The van der Waals surface area contributed by atoms with Crippen molar-refractivity contribution in [2.45, 2.75) is 18.9 Å². The number of aliphatic carboxylic acids is 4. The van der Waals surface area contributed by atoms with Crippen molar-refractivity contribution in [2.24, 2.45) is 5.73 Å². The summed E-state index contributed by atoms with van der Waals surface area (Å²) in [6, 6.07) is -1.27. The van der Waals surface area contributed by atoms with Gasteiger partial charge in [-0.3, -0.25) is 48.4 Å². The van der Waals surface area contributed by atoms with E-state index in [1.807, 2.05) is 0 Å². The number of rotatable bonds is 21. The average molecular weight is 746 g/mol. The molecule has 1 saturated heterocycles. The second-order valence-corrected chi connectivity index (χ2v) is 10.8. The predicted molar refractivity (Wildman–Crippen MR) is 167 cm³/mol. The summed E-state index contributed by atoms with van der Waals surface area (Å²) in [6.07, 6.45) is -0.349. The van der Waals surface area contributed by atoms with Crippen molar-refractivity contribution >= 4 is 61.4 Å². The number of nitrogens with two attached hydrogens (primary N) is 1. The normalized spacial score (nSPS) is 16.3. The molecular formula is C27H47GaN7O13. The van der Waals surface area contributed by atoms with E-state index < -0.39 is 48.3 Å². The summed E-state index contributed by atoms with van der Waals surface area (Å²) < 4.78 is 10.5. The Kier molecular flexibility index (Phi) is 23.9. The number of primary amides is 1. The number of ether oxygens (including phenoxy) is 2. The van der Waals surface area contributed by atoms with Crippen LogP contribution in [0.3, 0.4) is 0 Å². The van der Waals surface area contributed by atoms with Gasteiger partial charge >= 0.3 is 23.9 Å². The van der Waals surface area contributed by atoms with Crippen molar-refractivity contribution in [1.82, 2.24) is 30.2 Å². The van der Waals surface area contributed by atoms with E-state index in [0.717, 1.165) is 0 Å². The van der Waals surface area contributed by atoms with Crippen molar-refractivity contribution in [3.63, 3.8) is 0 Å². The van der Waals surface area contributed by atoms with Crippen LogP contribution in [0.4, 0.5) is 0 Å². The molecule has 0 aromatic rings. The van der Waals surface area contributed by atoms with Gasteiger partial charge in [0.2, 0.25) is 17.7 Å². The number of hydrogen-bond acceptors (Lipinski definition) is 13. The molecule has 0 aromatic heterocycles. The largest absolute Gasteiger partial charge is 0.480 e. The van der Waals surface area contributed by atoms with Crippen LogP contribution in [0.2, 0.25) is 0 Å². The molecule has 1 aliphatic heterocycles. The van der Waals surface area contributed by atoms with Gasteiger partial charge in [0.25, 0.3) is 0 Å². The van der Waals surface area contributed by atoms with Gasteiger partial charge in [-0.2, -0.15) is 0 Å². The third-order valence-electron chi connectivity index (χ3n) is 6.86. The fraction of sp³-hybridized carbons (Fsp3) is 0.741. The van der Waals surface area contributed by atoms with E-state index in [1.165, 1.54) is 0 Å². The molecule has 8 N–H and O–H groups in total. The van der Waals surface area contributed by atoms with E-state index in [-0.39, 0.29) is 130 Å². The monoisotopic (exact) mass is 745 g/mol. The summed E-state index contributed by atoms with van der Waals surface area (Å²) in [4.78, 5) is 87.4. The number of hydrogen-bond donors (Lipinski definition) is 7. The van der Waals surface area contributed by atoms with Gasteiger partial charge in [0.1, 0.15) is 12.6 Å². The molecule has 48 heavy (non-hydrogen) atoms. The Morgan fingerprint density at radius 1 is 0.625 bits per heavy atom. The van der Waals surface area contributed by atoms with Crippen LogP contribution in [0.5, 0.6) is 0 Å². The van der Waals surface area contributed by atoms with Gasteiger partial charge in [-0.1, -0.05) is 0 Å². The summed E-state index contributed by atoms with van der Waals surface area (Å²) in [7, 11) is 0. The standard InChI is InChI=1S/C27H47N7O13.Ga/c28-21(35)2-1-20(27(44)45)30-23(37)19-47-14-13-46-12-3-29-22(36)15-31-4-6-32(16-24(38)39)8-10-34(18-26(42)43)11-9-33(7-5-31)17-25(40)41;/h20H,1-19H2,(H2,28,35)(H,29,36)(H,30,37)(H,38,39)(H,40,41)(H,42,43)(H,44,45);/t20-;/m0./s1/i;1-2. The van der Waals surface area contributed by atoms with Crippen LogP contribution in [0.25, 0.3) is 0 Å². The third kappa shape index (κ3) is 23.1. The van der Waals surface area contributed by atoms with Gasteiger partial charge in [0.05, 0.1) is 46.0 Å². The van der Waals surface area contributed by atoms with Gasteiger partial charge in [0.15, 0.2) is 0 Å². The molecule has 3 radical (unpaired) electrons. The van der Waals surface area contributed by atoms with E-state index in [4.69, 9.17) is 20.3 Å². The molecule has 0 unspecified atom stereocenters. The van der Waals surface area contributed by atoms with Crippen molar-refractivity contribution in [3.05, 3.63) is 0 Å². The minimum absolute atomic E-state index is 0. The molecule has 1 heterocycles. The summed E-state index contributed by atoms with van der Waals surface area (Å²) in [5, 5.41) is 42.0. The first-order valence-electron chi connectivity index (χ1n) is 15.0. The van der Waals surface area contributed by atoms with E-state index in [1.54, 1.807) is 19.6 Å². The second-order valence-electron chi connectivity index (χ2n) is 10.8. The molecule has 3 amide bonds. The third-order valence-corrected chi connectivity index (χ3v) is 6.86. The molecule has 1 atom stereocenters. The first-order chi connectivity index (χ1) is 22.2. The molecule has 1 fully saturated rings. The second kappa shape index (κ2) is 25.7. The molecule has 0 bridgehead atoms. The zero-order valence-electron chi connectivity index (χ0n) is 26.9. The Bertz CT molecular complexity index is 1020. The number of carboxylic acid groups (broad SMARTS) is 4. The first-order valence-corrected chi connectivity index (χ1v) is 15.0. The van der Waals surface area contributed by atoms with E-state index in [0.29, 0.717) is 13.1 Å². The Labute approximate surface area is 290 Å². The Hall–Kier alpha value is -3.31. The minimum Gasteiger partial charge on any atom is -0.480 e. The quantitative estimate of drug-likeness (QED) is 0.0428. The topological polar surface area (TPSA) is 282 Å². The molecular weight excluding hydrogens is 698 g/mol. The van der Waals surface area contributed by atoms with Gasteiger partial charge in [0, 0.05) is 85.1 Å². The molecule has 0 saturated carbocycles. The molecule has 21 heteroatoms. The van der Waals surface area contributed by atoms with Crippen molar-refractivity contribution in [2.75, 3.05) is 112 Å². The SMILES string of the molecule is NC(=O)CC[C@H](NC(=O)COCCOCCNC(=O)CN1CCN(CC(=O)O)CCN(CC(=O)O)CCN(CC(=O)O)CC1)C(=O)O.[68Ga]. The van der Waals surface area contributed by atoms with Crippen LogP contribution in [0.15, 0.2) is 0 Å². The Balaban J connectivity index is 0.0000221. The number of carbonyl (C=O) groups excluding carboxylic acids is 3. The molecule has 0 spiro atoms. The Morgan fingerprint density at radius 2 is 1.04 bits per heavy atom. The predicted octanol–water partition coefficient (Wildman–Crippen LogP) is -4.93. The van der Waals surface area contributed by atoms with Crippen LogP contribution in [-0.2, 0) is 43.0 Å². The molecule has 0 aromatic carbocycles. The summed E-state index contributed by atoms with van der Waals surface area (Å²) in [5.74, 6) is -6.15. The van der Waals surface area contributed by atoms with Crippen LogP contribution >= 0.6 is 0 Å². The minimum atomic E-state index is -1.31. The number of carbonyl (C=O) groups is 7. The summed E-state index contributed by atoms with van der Waals surface area (Å²) >= 11 is 0. The van der Waals surface area contributed by atoms with Crippen molar-refractivity contribution < 1.29 is 63.5 Å². The maximum Gasteiger partial charge on any atom is 0.326 e. The summed E-state index contributed by atoms with van der Waals surface area (Å²) in [6.45, 7) is 1.37. The number of nitrogens with zero attached hydrogens (tertiary/aromatic N) is 4. The zero-order valence-corrected chi connectivity index (χ0v) is 29.3. The van der Waals surface area contributed by atoms with Crippen LogP contribution in [-0.4, -0.2) is 219 Å². The fourth-order valence-electron chi connectivity index (χ4n) is 4.47. The van der Waals surface area contributed by atoms with Gasteiger partial charge < -0.3 is 46.3 Å². The van der Waals surface area contributed by atoms with Crippen molar-refractivity contribution in [3.8, 4) is 0 Å². The van der Waals surface area contributed by atoms with Gasteiger partial charge in [-0.25, -0.2) is 4.79 Å². The van der Waals surface area contributed by atoms with E-state index in [9.17, 15) is 48.9 Å². The number of nitrogens with one attached hydrogen (secondary N) is 2. The van der Waals surface area contributed by atoms with Gasteiger partial charge in [-0.05, 0) is 6.42 Å². The maximum atomic E-state index is 12.7. The van der Waals surface area contributed by atoms with Crippen LogP contribution in [0.1, 0.15) is 12.8 Å². The van der Waals surface area contributed by atoms with E-state index in [2.05, 4.69) is 10.6 Å². The van der Waals surface area contributed by atoms with Crippen LogP contribution < -0.4 is 16.4 Å². The number of carboxylic acids is 4. The zero-order chi connectivity index (χ0) is 35.2.